The molecule has 0 aliphatic carbocycles. The van der Waals surface area contributed by atoms with Gasteiger partial charge in [-0.1, -0.05) is 255 Å². The van der Waals surface area contributed by atoms with Crippen LogP contribution in [0.3, 0.4) is 0 Å². The molecule has 1 aromatic heterocycles. The lowest BCUT2D eigenvalue weighted by Gasteiger charge is -2.17. The highest BCUT2D eigenvalue weighted by molar-refractivity contribution is 5.91. The lowest BCUT2D eigenvalue weighted by Crippen LogP contribution is -2.01. The van der Waals surface area contributed by atoms with Crippen molar-refractivity contribution >= 4 is 0 Å². The van der Waals surface area contributed by atoms with E-state index in [0.717, 1.165) is 83.5 Å². The number of hydrogen-bond donors (Lipinski definition) is 0. The van der Waals surface area contributed by atoms with Crippen LogP contribution in [0, 0.1) is 0 Å². The Hall–Kier alpha value is -9.57. The molecule has 0 fully saturated rings. The summed E-state index contributed by atoms with van der Waals surface area (Å²) in [4.78, 5) is 15.9. The molecule has 0 amide bonds. The average Bonchev–Trinajstić information content (AvgIpc) is 3.48. The van der Waals surface area contributed by atoms with E-state index in [1.165, 1.54) is 22.3 Å². The van der Waals surface area contributed by atoms with Gasteiger partial charge in [-0.2, -0.15) is 0 Å². The third kappa shape index (κ3) is 9.19. The van der Waals surface area contributed by atoms with Gasteiger partial charge in [-0.25, -0.2) is 15.0 Å². The molecule has 3 nitrogen and oxygen atoms in total. The van der Waals surface area contributed by atoms with Gasteiger partial charge in [0.05, 0.1) is 0 Å². The number of nitrogens with zero attached hydrogens (tertiary/aromatic N) is 3. The van der Waals surface area contributed by atoms with Gasteiger partial charge in [0.25, 0.3) is 0 Å². The first-order valence-electron chi connectivity index (χ1n) is 24.4. The predicted octanol–water partition coefficient (Wildman–Crippen LogP) is 18.2. The summed E-state index contributed by atoms with van der Waals surface area (Å²) in [5.41, 5.74) is 20.9. The Morgan fingerprint density at radius 3 is 0.708 bits per heavy atom. The van der Waals surface area contributed by atoms with Gasteiger partial charge in [0, 0.05) is 16.7 Å². The largest absolute Gasteiger partial charge is 0.208 e. The van der Waals surface area contributed by atoms with Crippen molar-refractivity contribution in [2.24, 2.45) is 0 Å². The van der Waals surface area contributed by atoms with Crippen LogP contribution < -0.4 is 0 Å². The first-order chi connectivity index (χ1) is 35.7. The Morgan fingerprint density at radius 1 is 0.139 bits per heavy atom. The zero-order valence-corrected chi connectivity index (χ0v) is 39.5. The maximum atomic E-state index is 5.35. The molecule has 0 aliphatic heterocycles. The summed E-state index contributed by atoms with van der Waals surface area (Å²) >= 11 is 0. The van der Waals surface area contributed by atoms with Gasteiger partial charge in [-0.05, 0) is 119 Å². The van der Waals surface area contributed by atoms with Crippen LogP contribution in [0.2, 0.25) is 0 Å². The SMILES string of the molecule is c1ccc(-c2ccc(-c3nc(-c4ccc(-c5ccccc5)cc4)nc(-c4cc(-c5ccc(-c6ccccc6)c(-c6ccccc6)c5)cc(-c5ccc(-c6ccccc6)c(-c6ccccc6)c5)c4)n3)cc2)cc1. The minimum atomic E-state index is 0.589. The molecule has 12 rings (SSSR count). The summed E-state index contributed by atoms with van der Waals surface area (Å²) in [5, 5.41) is 0. The molecule has 0 bridgehead atoms. The van der Waals surface area contributed by atoms with Gasteiger partial charge in [0.1, 0.15) is 0 Å². The summed E-state index contributed by atoms with van der Waals surface area (Å²) < 4.78 is 0. The summed E-state index contributed by atoms with van der Waals surface area (Å²) in [6.07, 6.45) is 0. The maximum Gasteiger partial charge on any atom is 0.164 e. The van der Waals surface area contributed by atoms with E-state index in [1.807, 2.05) is 12.1 Å². The van der Waals surface area contributed by atoms with Crippen LogP contribution >= 0.6 is 0 Å². The zero-order valence-electron chi connectivity index (χ0n) is 39.5. The highest BCUT2D eigenvalue weighted by Crippen LogP contribution is 2.41. The molecule has 0 radical (unpaired) electrons. The molecule has 72 heavy (non-hydrogen) atoms. The van der Waals surface area contributed by atoms with Gasteiger partial charge in [0.15, 0.2) is 17.5 Å². The highest BCUT2D eigenvalue weighted by atomic mass is 15.0. The lowest BCUT2D eigenvalue weighted by molar-refractivity contribution is 1.07. The molecular weight excluding hydrogens is 871 g/mol. The maximum absolute atomic E-state index is 5.35. The Kier molecular flexibility index (Phi) is 12.0. The lowest BCUT2D eigenvalue weighted by atomic mass is 9.88. The fourth-order valence-corrected chi connectivity index (χ4v) is 9.64. The van der Waals surface area contributed by atoms with Crippen molar-refractivity contribution in [3.63, 3.8) is 0 Å². The summed E-state index contributed by atoms with van der Waals surface area (Å²) in [6, 6.07) is 101. The van der Waals surface area contributed by atoms with Gasteiger partial charge < -0.3 is 0 Å². The second-order valence-corrected chi connectivity index (χ2v) is 18.0. The third-order valence-corrected chi connectivity index (χ3v) is 13.4. The first-order valence-corrected chi connectivity index (χ1v) is 24.4. The van der Waals surface area contributed by atoms with Crippen molar-refractivity contribution in [3.05, 3.63) is 285 Å². The van der Waals surface area contributed by atoms with E-state index in [-0.39, 0.29) is 0 Å². The summed E-state index contributed by atoms with van der Waals surface area (Å²) in [5.74, 6) is 1.79. The van der Waals surface area contributed by atoms with Crippen LogP contribution in [0.5, 0.6) is 0 Å². The molecule has 12 aromatic rings. The minimum Gasteiger partial charge on any atom is -0.208 e. The third-order valence-electron chi connectivity index (χ3n) is 13.4. The molecule has 1 heterocycles. The van der Waals surface area contributed by atoms with Gasteiger partial charge in [-0.15, -0.1) is 0 Å². The highest BCUT2D eigenvalue weighted by Gasteiger charge is 2.18. The molecular formula is C69H47N3. The second kappa shape index (κ2) is 19.8. The molecule has 0 N–H and O–H groups in total. The average molecular weight is 918 g/mol. The molecule has 338 valence electrons. The standard InChI is InChI=1S/C69H47N3/c1-7-19-48(20-8-1)50-31-35-56(36-32-50)67-70-68(57-37-33-51(34-38-57)49-21-9-2-10-22-49)72-69(71-67)62-44-60(58-39-41-63(52-23-11-3-12-24-52)65(46-58)54-27-15-5-16-28-54)43-61(45-62)59-40-42-64(53-25-13-4-14-26-53)66(47-59)55-29-17-6-18-30-55/h1-47H. The van der Waals surface area contributed by atoms with Crippen molar-refractivity contribution in [3.8, 4) is 123 Å². The van der Waals surface area contributed by atoms with Crippen LogP contribution in [-0.2, 0) is 0 Å². The van der Waals surface area contributed by atoms with Crippen molar-refractivity contribution in [1.29, 1.82) is 0 Å². The molecule has 0 spiro atoms. The molecule has 3 heteroatoms. The quantitative estimate of drug-likeness (QED) is 0.130. The summed E-state index contributed by atoms with van der Waals surface area (Å²) in [6.45, 7) is 0. The topological polar surface area (TPSA) is 38.7 Å². The number of aromatic nitrogens is 3. The summed E-state index contributed by atoms with van der Waals surface area (Å²) in [7, 11) is 0. The number of benzene rings is 11. The van der Waals surface area contributed by atoms with E-state index < -0.39 is 0 Å². The van der Waals surface area contributed by atoms with Crippen molar-refractivity contribution in [1.82, 2.24) is 15.0 Å². The van der Waals surface area contributed by atoms with E-state index in [0.29, 0.717) is 17.5 Å². The second-order valence-electron chi connectivity index (χ2n) is 18.0. The first kappa shape index (κ1) is 43.7. The number of rotatable bonds is 11. The van der Waals surface area contributed by atoms with E-state index in [9.17, 15) is 0 Å². The van der Waals surface area contributed by atoms with E-state index in [1.54, 1.807) is 0 Å². The van der Waals surface area contributed by atoms with Gasteiger partial charge in [-0.3, -0.25) is 0 Å². The van der Waals surface area contributed by atoms with Gasteiger partial charge >= 0.3 is 0 Å². The molecule has 0 saturated heterocycles. The van der Waals surface area contributed by atoms with Crippen LogP contribution in [0.4, 0.5) is 0 Å². The molecule has 0 saturated carbocycles. The molecule has 11 aromatic carbocycles. The zero-order chi connectivity index (χ0) is 48.1. The van der Waals surface area contributed by atoms with Crippen molar-refractivity contribution in [2.45, 2.75) is 0 Å². The Morgan fingerprint density at radius 2 is 0.375 bits per heavy atom. The van der Waals surface area contributed by atoms with Crippen LogP contribution in [0.15, 0.2) is 285 Å². The predicted molar refractivity (Wildman–Crippen MR) is 300 cm³/mol. The van der Waals surface area contributed by atoms with Crippen LogP contribution in [0.1, 0.15) is 0 Å². The Bertz CT molecular complexity index is 3540. The van der Waals surface area contributed by atoms with E-state index in [4.69, 9.17) is 15.0 Å². The van der Waals surface area contributed by atoms with Crippen LogP contribution in [0.25, 0.3) is 123 Å². The minimum absolute atomic E-state index is 0.589. The normalized spacial score (nSPS) is 11.1. The smallest absolute Gasteiger partial charge is 0.164 e. The Balaban J connectivity index is 1.06. The monoisotopic (exact) mass is 917 g/mol. The van der Waals surface area contributed by atoms with Gasteiger partial charge in [0.2, 0.25) is 0 Å². The molecule has 0 atom stereocenters. The fourth-order valence-electron chi connectivity index (χ4n) is 9.64. The van der Waals surface area contributed by atoms with E-state index in [2.05, 4.69) is 273 Å². The van der Waals surface area contributed by atoms with Crippen molar-refractivity contribution < 1.29 is 0 Å². The fraction of sp³-hybridized carbons (Fsp3) is 0. The Labute approximate surface area is 421 Å². The van der Waals surface area contributed by atoms with Crippen LogP contribution in [-0.4, -0.2) is 15.0 Å². The number of hydrogen-bond acceptors (Lipinski definition) is 3. The van der Waals surface area contributed by atoms with Crippen molar-refractivity contribution in [2.75, 3.05) is 0 Å². The molecule has 0 unspecified atom stereocenters. The molecule has 0 aliphatic rings. The van der Waals surface area contributed by atoms with E-state index >= 15 is 0 Å².